The van der Waals surface area contributed by atoms with Gasteiger partial charge in [-0.3, -0.25) is 9.97 Å². The average Bonchev–Trinajstić information content (AvgIpc) is 2.41. The van der Waals surface area contributed by atoms with Crippen molar-refractivity contribution in [3.63, 3.8) is 0 Å². The van der Waals surface area contributed by atoms with Crippen molar-refractivity contribution in [2.75, 3.05) is 5.32 Å². The zero-order valence-electron chi connectivity index (χ0n) is 11.3. The number of hydrogen-bond acceptors (Lipinski definition) is 3. The number of rotatable bonds is 3. The summed E-state index contributed by atoms with van der Waals surface area (Å²) in [5.74, 6) is 0. The molecule has 0 saturated carbocycles. The Morgan fingerprint density at radius 1 is 1.25 bits per heavy atom. The summed E-state index contributed by atoms with van der Waals surface area (Å²) in [6.07, 6.45) is 3.33. The van der Waals surface area contributed by atoms with Gasteiger partial charge in [0, 0.05) is 16.4 Å². The quantitative estimate of drug-likeness (QED) is 0.905. The van der Waals surface area contributed by atoms with E-state index >= 15 is 0 Å². The van der Waals surface area contributed by atoms with Crippen LogP contribution >= 0.6 is 15.9 Å². The Morgan fingerprint density at radius 3 is 2.70 bits per heavy atom. The first-order valence-corrected chi connectivity index (χ1v) is 6.92. The molecule has 1 aromatic heterocycles. The normalized spacial score (nSPS) is 10.2. The third kappa shape index (κ3) is 4.03. The van der Waals surface area contributed by atoms with E-state index in [0.717, 1.165) is 27.1 Å². The predicted molar refractivity (Wildman–Crippen MR) is 81.5 cm³/mol. The highest BCUT2D eigenvalue weighted by Gasteiger charge is 2.05. The van der Waals surface area contributed by atoms with Crippen LogP contribution in [0.3, 0.4) is 0 Å². The van der Waals surface area contributed by atoms with Gasteiger partial charge < -0.3 is 10.6 Å². The fraction of sp³-hybridized carbons (Fsp3) is 0.214. The maximum Gasteiger partial charge on any atom is 0.319 e. The van der Waals surface area contributed by atoms with Crippen molar-refractivity contribution in [3.8, 4) is 0 Å². The van der Waals surface area contributed by atoms with E-state index in [4.69, 9.17) is 0 Å². The molecule has 0 saturated heterocycles. The van der Waals surface area contributed by atoms with E-state index in [1.165, 1.54) is 0 Å². The van der Waals surface area contributed by atoms with Gasteiger partial charge in [-0.2, -0.15) is 0 Å². The SMILES string of the molecule is Cc1cnc(CNC(=O)Nc2ccc(Br)cc2C)cn1. The standard InChI is InChI=1S/C14H15BrN4O/c1-9-5-11(15)3-4-13(9)19-14(20)18-8-12-7-16-10(2)6-17-12/h3-7H,8H2,1-2H3,(H2,18,19,20). The Labute approximate surface area is 126 Å². The number of hydrogen-bond donors (Lipinski definition) is 2. The maximum absolute atomic E-state index is 11.8. The molecule has 0 aliphatic heterocycles. The third-order valence-electron chi connectivity index (χ3n) is 2.70. The lowest BCUT2D eigenvalue weighted by Crippen LogP contribution is -2.28. The van der Waals surface area contributed by atoms with E-state index in [-0.39, 0.29) is 6.03 Å². The largest absolute Gasteiger partial charge is 0.332 e. The lowest BCUT2D eigenvalue weighted by Gasteiger charge is -2.10. The summed E-state index contributed by atoms with van der Waals surface area (Å²) >= 11 is 3.39. The smallest absolute Gasteiger partial charge is 0.319 e. The summed E-state index contributed by atoms with van der Waals surface area (Å²) in [4.78, 5) is 20.1. The molecule has 0 atom stereocenters. The molecule has 0 aliphatic carbocycles. The van der Waals surface area contributed by atoms with Crippen LogP contribution in [0.1, 0.15) is 17.0 Å². The second-order valence-corrected chi connectivity index (χ2v) is 5.33. The van der Waals surface area contributed by atoms with Gasteiger partial charge in [-0.25, -0.2) is 4.79 Å². The second kappa shape index (κ2) is 6.47. The highest BCUT2D eigenvalue weighted by molar-refractivity contribution is 9.10. The monoisotopic (exact) mass is 334 g/mol. The number of benzene rings is 1. The molecule has 0 unspecified atom stereocenters. The lowest BCUT2D eigenvalue weighted by atomic mass is 10.2. The Balaban J connectivity index is 1.90. The van der Waals surface area contributed by atoms with Crippen molar-refractivity contribution in [1.82, 2.24) is 15.3 Å². The van der Waals surface area contributed by atoms with E-state index in [0.29, 0.717) is 6.54 Å². The van der Waals surface area contributed by atoms with Gasteiger partial charge in [0.15, 0.2) is 0 Å². The highest BCUT2D eigenvalue weighted by Crippen LogP contribution is 2.19. The fourth-order valence-electron chi connectivity index (χ4n) is 1.62. The van der Waals surface area contributed by atoms with Gasteiger partial charge in [0.05, 0.1) is 24.1 Å². The number of aryl methyl sites for hydroxylation is 2. The molecule has 2 amide bonds. The van der Waals surface area contributed by atoms with E-state index in [1.54, 1.807) is 12.4 Å². The fourth-order valence-corrected chi connectivity index (χ4v) is 2.09. The minimum absolute atomic E-state index is 0.266. The second-order valence-electron chi connectivity index (χ2n) is 4.42. The molecule has 20 heavy (non-hydrogen) atoms. The number of urea groups is 1. The summed E-state index contributed by atoms with van der Waals surface area (Å²) < 4.78 is 0.982. The van der Waals surface area contributed by atoms with Crippen LogP contribution in [0.15, 0.2) is 35.1 Å². The van der Waals surface area contributed by atoms with Crippen LogP contribution in [0.5, 0.6) is 0 Å². The van der Waals surface area contributed by atoms with Crippen LogP contribution in [-0.4, -0.2) is 16.0 Å². The van der Waals surface area contributed by atoms with Gasteiger partial charge in [0.25, 0.3) is 0 Å². The number of anilines is 1. The first kappa shape index (κ1) is 14.5. The number of carbonyl (C=O) groups excluding carboxylic acids is 1. The molecule has 2 N–H and O–H groups in total. The van der Waals surface area contributed by atoms with Gasteiger partial charge in [-0.15, -0.1) is 0 Å². The zero-order valence-corrected chi connectivity index (χ0v) is 12.9. The van der Waals surface area contributed by atoms with Crippen molar-refractivity contribution in [2.45, 2.75) is 20.4 Å². The lowest BCUT2D eigenvalue weighted by molar-refractivity contribution is 0.251. The van der Waals surface area contributed by atoms with Crippen LogP contribution in [0.25, 0.3) is 0 Å². The highest BCUT2D eigenvalue weighted by atomic mass is 79.9. The molecule has 104 valence electrons. The zero-order chi connectivity index (χ0) is 14.5. The molecule has 6 heteroatoms. The van der Waals surface area contributed by atoms with E-state index in [2.05, 4.69) is 36.5 Å². The molecule has 0 spiro atoms. The number of nitrogens with one attached hydrogen (secondary N) is 2. The minimum Gasteiger partial charge on any atom is -0.332 e. The van der Waals surface area contributed by atoms with Crippen LogP contribution in [0, 0.1) is 13.8 Å². The van der Waals surface area contributed by atoms with Crippen LogP contribution in [-0.2, 0) is 6.54 Å². The number of amides is 2. The molecule has 0 fully saturated rings. The van der Waals surface area contributed by atoms with Crippen LogP contribution in [0.2, 0.25) is 0 Å². The first-order valence-electron chi connectivity index (χ1n) is 6.13. The molecular weight excluding hydrogens is 320 g/mol. The minimum atomic E-state index is -0.266. The molecule has 2 rings (SSSR count). The number of nitrogens with zero attached hydrogens (tertiary/aromatic N) is 2. The molecule has 0 aliphatic rings. The van der Waals surface area contributed by atoms with Crippen molar-refractivity contribution < 1.29 is 4.79 Å². The summed E-state index contributed by atoms with van der Waals surface area (Å²) in [5, 5.41) is 5.54. The van der Waals surface area contributed by atoms with Crippen LogP contribution in [0.4, 0.5) is 10.5 Å². The number of halogens is 1. The van der Waals surface area contributed by atoms with E-state index in [1.807, 2.05) is 32.0 Å². The molecular formula is C14H15BrN4O. The molecule has 5 nitrogen and oxygen atoms in total. The van der Waals surface area contributed by atoms with Gasteiger partial charge in [-0.05, 0) is 37.6 Å². The van der Waals surface area contributed by atoms with E-state index in [9.17, 15) is 4.79 Å². The average molecular weight is 335 g/mol. The van der Waals surface area contributed by atoms with Crippen molar-refractivity contribution in [1.29, 1.82) is 0 Å². The van der Waals surface area contributed by atoms with Gasteiger partial charge in [0.2, 0.25) is 0 Å². The molecule has 2 aromatic rings. The van der Waals surface area contributed by atoms with Crippen molar-refractivity contribution >= 4 is 27.6 Å². The van der Waals surface area contributed by atoms with E-state index < -0.39 is 0 Å². The summed E-state index contributed by atoms with van der Waals surface area (Å²) in [5.41, 5.74) is 3.34. The summed E-state index contributed by atoms with van der Waals surface area (Å²) in [6.45, 7) is 4.15. The molecule has 1 heterocycles. The molecule has 0 radical (unpaired) electrons. The Morgan fingerprint density at radius 2 is 2.05 bits per heavy atom. The van der Waals surface area contributed by atoms with Gasteiger partial charge in [0.1, 0.15) is 0 Å². The number of carbonyl (C=O) groups is 1. The molecule has 0 bridgehead atoms. The molecule has 1 aromatic carbocycles. The predicted octanol–water partition coefficient (Wildman–Crippen LogP) is 3.18. The Hall–Kier alpha value is -1.95. The Kier molecular flexibility index (Phi) is 4.68. The Bertz CT molecular complexity index is 613. The third-order valence-corrected chi connectivity index (χ3v) is 3.19. The van der Waals surface area contributed by atoms with Crippen LogP contribution < -0.4 is 10.6 Å². The van der Waals surface area contributed by atoms with Crippen molar-refractivity contribution in [2.24, 2.45) is 0 Å². The maximum atomic E-state index is 11.8. The topological polar surface area (TPSA) is 66.9 Å². The van der Waals surface area contributed by atoms with Crippen molar-refractivity contribution in [3.05, 3.63) is 52.0 Å². The van der Waals surface area contributed by atoms with Gasteiger partial charge in [-0.1, -0.05) is 15.9 Å². The van der Waals surface area contributed by atoms with Gasteiger partial charge >= 0.3 is 6.03 Å². The number of aromatic nitrogens is 2. The summed E-state index contributed by atoms with van der Waals surface area (Å²) in [6, 6.07) is 5.41. The summed E-state index contributed by atoms with van der Waals surface area (Å²) in [7, 11) is 0. The first-order chi connectivity index (χ1) is 9.54.